The van der Waals surface area contributed by atoms with Crippen molar-refractivity contribution >= 4 is 12.2 Å². The molecule has 1 heterocycles. The van der Waals surface area contributed by atoms with Gasteiger partial charge in [-0.2, -0.15) is 0 Å². The third kappa shape index (κ3) is 2.13. The van der Waals surface area contributed by atoms with Gasteiger partial charge >= 0.3 is 12.2 Å². The molecule has 0 bridgehead atoms. The smallest absolute Gasteiger partial charge is 0.359 e. The minimum absolute atomic E-state index is 0.321. The average molecular weight is 220 g/mol. The number of amides is 2. The lowest BCUT2D eigenvalue weighted by Gasteiger charge is -2.38. The van der Waals surface area contributed by atoms with E-state index in [1.54, 1.807) is 0 Å². The Kier molecular flexibility index (Phi) is 2.76. The molecule has 2 rings (SSSR count). The van der Waals surface area contributed by atoms with Crippen LogP contribution in [0.2, 0.25) is 0 Å². The summed E-state index contributed by atoms with van der Waals surface area (Å²) in [5.41, 5.74) is 5.93. The normalized spacial score (nSPS) is 15.4. The third-order valence-corrected chi connectivity index (χ3v) is 2.60. The van der Waals surface area contributed by atoms with Gasteiger partial charge in [0, 0.05) is 19.0 Å². The maximum absolute atomic E-state index is 11.2. The number of benzene rings is 1. The van der Waals surface area contributed by atoms with Crippen molar-refractivity contribution in [2.75, 3.05) is 13.1 Å². The lowest BCUT2D eigenvalue weighted by molar-refractivity contribution is 0.0914. The highest BCUT2D eigenvalue weighted by atomic mass is 16.6. The highest BCUT2D eigenvalue weighted by Crippen LogP contribution is 2.26. The van der Waals surface area contributed by atoms with Crippen molar-refractivity contribution in [1.82, 2.24) is 4.90 Å². The average Bonchev–Trinajstić information content (AvgIpc) is 2.15. The van der Waals surface area contributed by atoms with E-state index in [1.165, 1.54) is 10.5 Å². The van der Waals surface area contributed by atoms with E-state index < -0.39 is 12.2 Å². The summed E-state index contributed by atoms with van der Waals surface area (Å²) in [5.74, 6) is 0.321. The van der Waals surface area contributed by atoms with Crippen LogP contribution in [-0.2, 0) is 4.74 Å². The molecule has 2 amide bonds. The van der Waals surface area contributed by atoms with Crippen LogP contribution in [0.15, 0.2) is 30.3 Å². The van der Waals surface area contributed by atoms with Crippen LogP contribution in [0, 0.1) is 0 Å². The molecular weight excluding hydrogens is 208 g/mol. The molecule has 0 aromatic heterocycles. The molecule has 0 saturated carbocycles. The van der Waals surface area contributed by atoms with Crippen molar-refractivity contribution in [1.29, 1.82) is 0 Å². The minimum atomic E-state index is -1.06. The summed E-state index contributed by atoms with van der Waals surface area (Å²) in [4.78, 5) is 23.0. The van der Waals surface area contributed by atoms with Crippen molar-refractivity contribution in [2.24, 2.45) is 5.73 Å². The number of hydrogen-bond donors (Lipinski definition) is 1. The largest absolute Gasteiger partial charge is 0.418 e. The van der Waals surface area contributed by atoms with Gasteiger partial charge < -0.3 is 15.4 Å². The zero-order chi connectivity index (χ0) is 11.5. The van der Waals surface area contributed by atoms with Gasteiger partial charge in [-0.3, -0.25) is 0 Å². The zero-order valence-electron chi connectivity index (χ0n) is 8.63. The van der Waals surface area contributed by atoms with Gasteiger partial charge in [-0.1, -0.05) is 30.3 Å². The number of primary amides is 1. The van der Waals surface area contributed by atoms with Crippen molar-refractivity contribution in [3.05, 3.63) is 35.9 Å². The summed E-state index contributed by atoms with van der Waals surface area (Å²) in [7, 11) is 0. The number of likely N-dealkylation sites (tertiary alicyclic amines) is 1. The monoisotopic (exact) mass is 220 g/mol. The SMILES string of the molecule is NC(=O)OC(=O)N1CC(c2ccccc2)C1. The first-order chi connectivity index (χ1) is 7.66. The molecule has 84 valence electrons. The summed E-state index contributed by atoms with van der Waals surface area (Å²) >= 11 is 0. The van der Waals surface area contributed by atoms with Crippen molar-refractivity contribution in [2.45, 2.75) is 5.92 Å². The summed E-state index contributed by atoms with van der Waals surface area (Å²) in [6.07, 6.45) is -1.73. The van der Waals surface area contributed by atoms with Crippen LogP contribution in [0.1, 0.15) is 11.5 Å². The lowest BCUT2D eigenvalue weighted by atomic mass is 9.92. The van der Waals surface area contributed by atoms with Crippen LogP contribution in [0.25, 0.3) is 0 Å². The maximum Gasteiger partial charge on any atom is 0.418 e. The van der Waals surface area contributed by atoms with E-state index in [1.807, 2.05) is 30.3 Å². The molecule has 1 saturated heterocycles. The van der Waals surface area contributed by atoms with Crippen LogP contribution >= 0.6 is 0 Å². The fourth-order valence-electron chi connectivity index (χ4n) is 1.71. The number of rotatable bonds is 1. The second-order valence-electron chi connectivity index (χ2n) is 3.70. The molecule has 1 aliphatic rings. The van der Waals surface area contributed by atoms with Gasteiger partial charge in [0.2, 0.25) is 0 Å². The van der Waals surface area contributed by atoms with Gasteiger partial charge in [0.15, 0.2) is 0 Å². The zero-order valence-corrected chi connectivity index (χ0v) is 8.63. The van der Waals surface area contributed by atoms with E-state index in [0.717, 1.165) is 0 Å². The molecule has 0 unspecified atom stereocenters. The van der Waals surface area contributed by atoms with E-state index in [9.17, 15) is 9.59 Å². The van der Waals surface area contributed by atoms with Crippen LogP contribution in [0.4, 0.5) is 9.59 Å². The van der Waals surface area contributed by atoms with Crippen molar-refractivity contribution in [3.63, 3.8) is 0 Å². The summed E-state index contributed by atoms with van der Waals surface area (Å²) < 4.78 is 4.26. The van der Waals surface area contributed by atoms with E-state index in [2.05, 4.69) is 4.74 Å². The molecular formula is C11H12N2O3. The summed E-state index contributed by atoms with van der Waals surface area (Å²) in [5, 5.41) is 0. The fourth-order valence-corrected chi connectivity index (χ4v) is 1.71. The molecule has 1 aromatic carbocycles. The third-order valence-electron chi connectivity index (χ3n) is 2.60. The van der Waals surface area contributed by atoms with E-state index in [-0.39, 0.29) is 0 Å². The van der Waals surface area contributed by atoms with Crippen molar-refractivity contribution < 1.29 is 14.3 Å². The second-order valence-corrected chi connectivity index (χ2v) is 3.70. The number of nitrogens with zero attached hydrogens (tertiary/aromatic N) is 1. The van der Waals surface area contributed by atoms with E-state index >= 15 is 0 Å². The molecule has 1 aromatic rings. The molecule has 2 N–H and O–H groups in total. The Hall–Kier alpha value is -2.04. The molecule has 0 atom stereocenters. The van der Waals surface area contributed by atoms with Crippen LogP contribution in [0.5, 0.6) is 0 Å². The summed E-state index contributed by atoms with van der Waals surface area (Å²) in [6, 6.07) is 9.89. The summed E-state index contributed by atoms with van der Waals surface area (Å²) in [6.45, 7) is 1.13. The number of carbonyl (C=O) groups is 2. The Bertz CT molecular complexity index is 399. The van der Waals surface area contributed by atoms with Gasteiger partial charge in [0.1, 0.15) is 0 Å². The molecule has 1 aliphatic heterocycles. The van der Waals surface area contributed by atoms with E-state index in [4.69, 9.17) is 5.73 Å². The first-order valence-electron chi connectivity index (χ1n) is 4.98. The molecule has 5 heteroatoms. The Balaban J connectivity index is 1.86. The lowest BCUT2D eigenvalue weighted by Crippen LogP contribution is -2.49. The standard InChI is InChI=1S/C11H12N2O3/c12-10(14)16-11(15)13-6-9(7-13)8-4-2-1-3-5-8/h1-5,9H,6-7H2,(H2,12,14). The highest BCUT2D eigenvalue weighted by Gasteiger charge is 2.33. The van der Waals surface area contributed by atoms with Gasteiger partial charge in [-0.05, 0) is 5.56 Å². The topological polar surface area (TPSA) is 72.6 Å². The first-order valence-corrected chi connectivity index (χ1v) is 4.98. The first kappa shape index (κ1) is 10.5. The minimum Gasteiger partial charge on any atom is -0.359 e. The Morgan fingerprint density at radius 1 is 1.25 bits per heavy atom. The number of nitrogens with two attached hydrogens (primary N) is 1. The predicted octanol–water partition coefficient (Wildman–Crippen LogP) is 1.30. The van der Waals surface area contributed by atoms with Crippen LogP contribution in [0.3, 0.4) is 0 Å². The number of hydrogen-bond acceptors (Lipinski definition) is 3. The van der Waals surface area contributed by atoms with Gasteiger partial charge in [0.25, 0.3) is 0 Å². The van der Waals surface area contributed by atoms with Crippen LogP contribution in [-0.4, -0.2) is 30.2 Å². The molecule has 5 nitrogen and oxygen atoms in total. The molecule has 0 radical (unpaired) electrons. The van der Waals surface area contributed by atoms with E-state index in [0.29, 0.717) is 19.0 Å². The van der Waals surface area contributed by atoms with Crippen molar-refractivity contribution in [3.8, 4) is 0 Å². The maximum atomic E-state index is 11.2. The molecule has 1 fully saturated rings. The molecule has 16 heavy (non-hydrogen) atoms. The van der Waals surface area contributed by atoms with Gasteiger partial charge in [-0.15, -0.1) is 0 Å². The van der Waals surface area contributed by atoms with Gasteiger partial charge in [-0.25, -0.2) is 9.59 Å². The second kappa shape index (κ2) is 4.22. The highest BCUT2D eigenvalue weighted by molar-refractivity contribution is 5.83. The fraction of sp³-hybridized carbons (Fsp3) is 0.273. The molecule has 0 spiro atoms. The Morgan fingerprint density at radius 3 is 2.44 bits per heavy atom. The quantitative estimate of drug-likeness (QED) is 0.725. The molecule has 0 aliphatic carbocycles. The van der Waals surface area contributed by atoms with Gasteiger partial charge in [0.05, 0.1) is 0 Å². The predicted molar refractivity (Wildman–Crippen MR) is 56.8 cm³/mol. The number of ether oxygens (including phenoxy) is 1. The Labute approximate surface area is 92.8 Å². The Morgan fingerprint density at radius 2 is 1.88 bits per heavy atom. The van der Waals surface area contributed by atoms with Crippen LogP contribution < -0.4 is 5.73 Å². The number of carbonyl (C=O) groups excluding carboxylic acids is 2.